The normalized spacial score (nSPS) is 30.1. The van der Waals surface area contributed by atoms with Gasteiger partial charge in [0, 0.05) is 25.2 Å². The molecule has 0 heterocycles. The van der Waals surface area contributed by atoms with E-state index in [0.29, 0.717) is 18.8 Å². The zero-order valence-electron chi connectivity index (χ0n) is 13.1. The van der Waals surface area contributed by atoms with Gasteiger partial charge in [0.25, 0.3) is 0 Å². The summed E-state index contributed by atoms with van der Waals surface area (Å²) in [6.45, 7) is 4.61. The summed E-state index contributed by atoms with van der Waals surface area (Å²) in [7, 11) is 3.29. The number of fused-ring (bicyclic) bond motifs is 1. The number of Topliss-reactive ketones (excluding diaryl/α,β-unsaturated/α-hetero) is 1. The summed E-state index contributed by atoms with van der Waals surface area (Å²) in [6, 6.07) is 0. The highest BCUT2D eigenvalue weighted by atomic mass is 16.5. The Labute approximate surface area is 125 Å². The Balaban J connectivity index is 2.18. The maximum Gasteiger partial charge on any atom is 0.195 e. The third-order valence-electron chi connectivity index (χ3n) is 5.33. The van der Waals surface area contributed by atoms with E-state index in [1.165, 1.54) is 0 Å². The molecule has 0 aromatic carbocycles. The summed E-state index contributed by atoms with van der Waals surface area (Å²) < 4.78 is 10.6. The summed E-state index contributed by atoms with van der Waals surface area (Å²) >= 11 is 0. The number of methoxy groups -OCH3 is 2. The fraction of sp³-hybridized carbons (Fsp3) is 0.588. The fourth-order valence-corrected chi connectivity index (χ4v) is 3.93. The predicted octanol–water partition coefficient (Wildman–Crippen LogP) is 1.95. The zero-order chi connectivity index (χ0) is 15.4. The average Bonchev–Trinajstić information content (AvgIpc) is 3.18. The minimum atomic E-state index is -1.30. The van der Waals surface area contributed by atoms with Gasteiger partial charge in [0.2, 0.25) is 0 Å². The first kappa shape index (κ1) is 14.7. The van der Waals surface area contributed by atoms with Crippen molar-refractivity contribution in [1.29, 1.82) is 0 Å². The van der Waals surface area contributed by atoms with E-state index < -0.39 is 5.60 Å². The van der Waals surface area contributed by atoms with Crippen molar-refractivity contribution < 1.29 is 19.4 Å². The molecule has 3 aliphatic rings. The van der Waals surface area contributed by atoms with Crippen LogP contribution in [0.4, 0.5) is 0 Å². The molecule has 0 bridgehead atoms. The lowest BCUT2D eigenvalue weighted by Gasteiger charge is -2.39. The molecule has 114 valence electrons. The van der Waals surface area contributed by atoms with Crippen molar-refractivity contribution in [2.75, 3.05) is 27.4 Å². The second kappa shape index (κ2) is 4.63. The number of hydrogen-bond acceptors (Lipinski definition) is 4. The first-order valence-corrected chi connectivity index (χ1v) is 7.31. The zero-order valence-corrected chi connectivity index (χ0v) is 13.1. The number of carbonyl (C=O) groups excluding carboxylic acids is 1. The minimum absolute atomic E-state index is 0.166. The Hall–Kier alpha value is -1.23. The van der Waals surface area contributed by atoms with Gasteiger partial charge >= 0.3 is 0 Å². The lowest BCUT2D eigenvalue weighted by Crippen LogP contribution is -2.49. The molecule has 1 saturated carbocycles. The van der Waals surface area contributed by atoms with E-state index in [-0.39, 0.29) is 11.2 Å². The molecule has 3 aliphatic carbocycles. The van der Waals surface area contributed by atoms with E-state index in [9.17, 15) is 9.90 Å². The van der Waals surface area contributed by atoms with Crippen LogP contribution < -0.4 is 0 Å². The van der Waals surface area contributed by atoms with E-state index in [2.05, 4.69) is 0 Å². The number of ether oxygens (including phenoxy) is 2. The number of carbonyl (C=O) groups is 1. The van der Waals surface area contributed by atoms with Crippen LogP contribution in [0.5, 0.6) is 0 Å². The minimum Gasteiger partial charge on any atom is -0.381 e. The largest absolute Gasteiger partial charge is 0.381 e. The molecule has 1 N–H and O–H groups in total. The van der Waals surface area contributed by atoms with Gasteiger partial charge in [-0.25, -0.2) is 0 Å². The molecule has 0 radical (unpaired) electrons. The van der Waals surface area contributed by atoms with Crippen LogP contribution in [0.3, 0.4) is 0 Å². The van der Waals surface area contributed by atoms with Gasteiger partial charge in [0.05, 0.1) is 13.2 Å². The van der Waals surface area contributed by atoms with Gasteiger partial charge in [-0.1, -0.05) is 5.57 Å². The molecule has 21 heavy (non-hydrogen) atoms. The predicted molar refractivity (Wildman–Crippen MR) is 78.9 cm³/mol. The van der Waals surface area contributed by atoms with Crippen molar-refractivity contribution in [2.24, 2.45) is 5.41 Å². The van der Waals surface area contributed by atoms with Crippen molar-refractivity contribution in [2.45, 2.75) is 32.3 Å². The van der Waals surface area contributed by atoms with Crippen LogP contribution in [0, 0.1) is 5.41 Å². The molecule has 0 aliphatic heterocycles. The monoisotopic (exact) mass is 290 g/mol. The van der Waals surface area contributed by atoms with Gasteiger partial charge in [-0.3, -0.25) is 4.79 Å². The molecular weight excluding hydrogens is 268 g/mol. The molecule has 0 unspecified atom stereocenters. The molecule has 1 atom stereocenters. The van der Waals surface area contributed by atoms with Crippen LogP contribution in [0.1, 0.15) is 26.7 Å². The lowest BCUT2D eigenvalue weighted by molar-refractivity contribution is -0.137. The van der Waals surface area contributed by atoms with Crippen molar-refractivity contribution in [3.8, 4) is 0 Å². The molecule has 0 amide bonds. The van der Waals surface area contributed by atoms with Crippen LogP contribution in [-0.2, 0) is 14.3 Å². The van der Waals surface area contributed by atoms with E-state index >= 15 is 0 Å². The van der Waals surface area contributed by atoms with Crippen LogP contribution in [0.25, 0.3) is 0 Å². The SMILES string of the molecule is COCC1=C(COC)C2=C(C)C3(CC3)[C@@](C)(O)C(=O)C2=C1. The molecule has 4 heteroatoms. The van der Waals surface area contributed by atoms with Crippen LogP contribution in [-0.4, -0.2) is 43.9 Å². The van der Waals surface area contributed by atoms with Crippen molar-refractivity contribution >= 4 is 5.78 Å². The molecule has 4 nitrogen and oxygen atoms in total. The molecule has 0 aromatic heterocycles. The third kappa shape index (κ3) is 1.76. The highest BCUT2D eigenvalue weighted by Gasteiger charge is 2.65. The topological polar surface area (TPSA) is 55.8 Å². The Morgan fingerprint density at radius 2 is 1.86 bits per heavy atom. The maximum absolute atomic E-state index is 12.8. The summed E-state index contributed by atoms with van der Waals surface area (Å²) in [5, 5.41) is 10.8. The summed E-state index contributed by atoms with van der Waals surface area (Å²) in [4.78, 5) is 12.8. The van der Waals surface area contributed by atoms with Gasteiger partial charge in [0.1, 0.15) is 5.60 Å². The van der Waals surface area contributed by atoms with Crippen LogP contribution in [0.15, 0.2) is 33.9 Å². The van der Waals surface area contributed by atoms with E-state index in [4.69, 9.17) is 9.47 Å². The molecule has 1 fully saturated rings. The summed E-state index contributed by atoms with van der Waals surface area (Å²) in [5.74, 6) is -0.166. The lowest BCUT2D eigenvalue weighted by atomic mass is 9.67. The summed E-state index contributed by atoms with van der Waals surface area (Å²) in [5.41, 5.74) is 3.06. The highest BCUT2D eigenvalue weighted by Crippen LogP contribution is 2.64. The Morgan fingerprint density at radius 3 is 2.38 bits per heavy atom. The van der Waals surface area contributed by atoms with Crippen LogP contribution in [0.2, 0.25) is 0 Å². The molecule has 0 saturated heterocycles. The van der Waals surface area contributed by atoms with Crippen LogP contribution >= 0.6 is 0 Å². The Bertz CT molecular complexity index is 600. The highest BCUT2D eigenvalue weighted by molar-refractivity contribution is 6.10. The molecule has 0 aromatic rings. The molecule has 1 spiro atoms. The van der Waals surface area contributed by atoms with E-state index in [0.717, 1.165) is 35.1 Å². The molecule has 3 rings (SSSR count). The smallest absolute Gasteiger partial charge is 0.195 e. The number of aliphatic hydroxyl groups is 1. The number of ketones is 1. The van der Waals surface area contributed by atoms with Crippen molar-refractivity contribution in [3.63, 3.8) is 0 Å². The first-order chi connectivity index (χ1) is 9.90. The third-order valence-corrected chi connectivity index (χ3v) is 5.33. The Kier molecular flexibility index (Phi) is 3.24. The standard InChI is InChI=1S/C17H22O4/c1-10-14-12(7-11(8-20-3)13(14)9-21-4)15(18)16(2,19)17(10)5-6-17/h7,19H,5-6,8-9H2,1-4H3/t16-/m0/s1. The van der Waals surface area contributed by atoms with E-state index in [1.807, 2.05) is 13.0 Å². The fourth-order valence-electron chi connectivity index (χ4n) is 3.93. The number of rotatable bonds is 4. The maximum atomic E-state index is 12.8. The van der Waals surface area contributed by atoms with Crippen molar-refractivity contribution in [3.05, 3.63) is 33.9 Å². The van der Waals surface area contributed by atoms with Gasteiger partial charge in [-0.05, 0) is 49.5 Å². The van der Waals surface area contributed by atoms with Gasteiger partial charge < -0.3 is 14.6 Å². The number of hydrogen-bond donors (Lipinski definition) is 1. The Morgan fingerprint density at radius 1 is 1.24 bits per heavy atom. The summed E-state index contributed by atoms with van der Waals surface area (Å²) in [6.07, 6.45) is 3.60. The van der Waals surface area contributed by atoms with Crippen molar-refractivity contribution in [1.82, 2.24) is 0 Å². The van der Waals surface area contributed by atoms with Gasteiger partial charge in [-0.15, -0.1) is 0 Å². The average molecular weight is 290 g/mol. The second-order valence-corrected chi connectivity index (χ2v) is 6.41. The quantitative estimate of drug-likeness (QED) is 0.860. The van der Waals surface area contributed by atoms with Gasteiger partial charge in [0.15, 0.2) is 5.78 Å². The van der Waals surface area contributed by atoms with Gasteiger partial charge in [-0.2, -0.15) is 0 Å². The first-order valence-electron chi connectivity index (χ1n) is 7.31. The molecular formula is C17H22O4. The van der Waals surface area contributed by atoms with E-state index in [1.54, 1.807) is 21.1 Å². The second-order valence-electron chi connectivity index (χ2n) is 6.41.